The smallest absolute Gasteiger partial charge is 0.180 e. The summed E-state index contributed by atoms with van der Waals surface area (Å²) in [5.41, 5.74) is 0.838. The highest BCUT2D eigenvalue weighted by atomic mass is 79.9. The molecule has 88 valence electrons. The van der Waals surface area contributed by atoms with Gasteiger partial charge in [0, 0.05) is 31.6 Å². The molecule has 0 atom stereocenters. The topological polar surface area (TPSA) is 42.2 Å². The fraction of sp³-hybridized carbons (Fsp3) is 0.333. The van der Waals surface area contributed by atoms with E-state index in [9.17, 15) is 0 Å². The van der Waals surface area contributed by atoms with Gasteiger partial charge in [-0.1, -0.05) is 0 Å². The molecule has 0 saturated carbocycles. The summed E-state index contributed by atoms with van der Waals surface area (Å²) in [6.45, 7) is 0.855. The Bertz CT molecular complexity index is 541. The van der Waals surface area contributed by atoms with E-state index in [0.29, 0.717) is 0 Å². The number of imidazole rings is 1. The molecule has 0 aliphatic heterocycles. The monoisotopic (exact) mass is 292 g/mol. The summed E-state index contributed by atoms with van der Waals surface area (Å²) in [5.74, 6) is 3.43. The van der Waals surface area contributed by atoms with Crippen LogP contribution in [0.4, 0.5) is 5.82 Å². The number of hydrogen-bond donors (Lipinski definition) is 1. The van der Waals surface area contributed by atoms with E-state index in [2.05, 4.69) is 37.1 Å². The third kappa shape index (κ3) is 2.98. The van der Waals surface area contributed by atoms with Gasteiger partial charge in [0.2, 0.25) is 0 Å². The van der Waals surface area contributed by atoms with Crippen LogP contribution in [0.25, 0.3) is 5.65 Å². The van der Waals surface area contributed by atoms with Crippen LogP contribution in [0.3, 0.4) is 0 Å². The second-order valence-electron chi connectivity index (χ2n) is 3.66. The van der Waals surface area contributed by atoms with Gasteiger partial charge in [-0.2, -0.15) is 0 Å². The van der Waals surface area contributed by atoms with Crippen LogP contribution in [-0.4, -0.2) is 20.9 Å². The van der Waals surface area contributed by atoms with E-state index >= 15 is 0 Å². The highest BCUT2D eigenvalue weighted by molar-refractivity contribution is 9.10. The fourth-order valence-corrected chi connectivity index (χ4v) is 1.98. The summed E-state index contributed by atoms with van der Waals surface area (Å²) in [7, 11) is 0. The summed E-state index contributed by atoms with van der Waals surface area (Å²) in [4.78, 5) is 8.63. The number of terminal acetylenes is 1. The Morgan fingerprint density at radius 2 is 2.35 bits per heavy atom. The second kappa shape index (κ2) is 5.69. The predicted octanol–water partition coefficient (Wildman–Crippen LogP) is 2.71. The van der Waals surface area contributed by atoms with Crippen LogP contribution in [0.15, 0.2) is 23.2 Å². The van der Waals surface area contributed by atoms with Gasteiger partial charge in [-0.3, -0.25) is 0 Å². The van der Waals surface area contributed by atoms with Crippen LogP contribution < -0.4 is 5.32 Å². The summed E-state index contributed by atoms with van der Waals surface area (Å²) in [5, 5.41) is 3.28. The quantitative estimate of drug-likeness (QED) is 0.681. The lowest BCUT2D eigenvalue weighted by Crippen LogP contribution is -2.05. The zero-order valence-electron chi connectivity index (χ0n) is 9.36. The molecular formula is C12H13BrN4. The van der Waals surface area contributed by atoms with E-state index in [-0.39, 0.29) is 0 Å². The van der Waals surface area contributed by atoms with Gasteiger partial charge >= 0.3 is 0 Å². The molecule has 1 N–H and O–H groups in total. The van der Waals surface area contributed by atoms with Crippen LogP contribution >= 0.6 is 15.9 Å². The number of unbranched alkanes of at least 4 members (excludes halogenated alkanes) is 2. The van der Waals surface area contributed by atoms with E-state index in [1.807, 2.05) is 16.8 Å². The second-order valence-corrected chi connectivity index (χ2v) is 4.47. The zero-order chi connectivity index (χ0) is 12.1. The van der Waals surface area contributed by atoms with Crippen molar-refractivity contribution in [2.45, 2.75) is 19.3 Å². The van der Waals surface area contributed by atoms with E-state index in [1.54, 1.807) is 6.20 Å². The number of nitrogens with one attached hydrogen (secondary N) is 1. The molecule has 0 aliphatic carbocycles. The van der Waals surface area contributed by atoms with Crippen molar-refractivity contribution in [3.63, 3.8) is 0 Å². The molecule has 2 aromatic heterocycles. The van der Waals surface area contributed by atoms with Crippen molar-refractivity contribution in [2.24, 2.45) is 0 Å². The first-order valence-electron chi connectivity index (χ1n) is 5.48. The summed E-state index contributed by atoms with van der Waals surface area (Å²) in [6, 6.07) is 0. The minimum absolute atomic E-state index is 0.786. The molecule has 0 aliphatic rings. The Morgan fingerprint density at radius 1 is 1.47 bits per heavy atom. The molecule has 2 rings (SSSR count). The molecule has 0 saturated heterocycles. The van der Waals surface area contributed by atoms with Crippen LogP contribution in [-0.2, 0) is 0 Å². The molecule has 0 radical (unpaired) electrons. The van der Waals surface area contributed by atoms with Gasteiger partial charge in [0.05, 0.1) is 0 Å². The Hall–Kier alpha value is -1.54. The van der Waals surface area contributed by atoms with Gasteiger partial charge in [0.25, 0.3) is 0 Å². The molecule has 0 bridgehead atoms. The van der Waals surface area contributed by atoms with Gasteiger partial charge < -0.3 is 9.72 Å². The minimum Gasteiger partial charge on any atom is -0.367 e. The molecule has 0 spiro atoms. The number of anilines is 1. The lowest BCUT2D eigenvalue weighted by molar-refractivity contribution is 0.787. The molecule has 0 unspecified atom stereocenters. The maximum Gasteiger partial charge on any atom is 0.180 e. The largest absolute Gasteiger partial charge is 0.367 e. The average molecular weight is 293 g/mol. The Balaban J connectivity index is 2.03. The van der Waals surface area contributed by atoms with E-state index in [0.717, 1.165) is 41.9 Å². The Kier molecular flexibility index (Phi) is 3.99. The Labute approximate surface area is 109 Å². The molecule has 2 aromatic rings. The van der Waals surface area contributed by atoms with Crippen molar-refractivity contribution in [2.75, 3.05) is 11.9 Å². The maximum atomic E-state index is 5.20. The number of rotatable bonds is 5. The number of hydrogen-bond acceptors (Lipinski definition) is 3. The predicted molar refractivity (Wildman–Crippen MR) is 71.9 cm³/mol. The maximum absolute atomic E-state index is 5.20. The van der Waals surface area contributed by atoms with Crippen molar-refractivity contribution < 1.29 is 0 Å². The van der Waals surface area contributed by atoms with Gasteiger partial charge in [0.1, 0.15) is 4.60 Å². The highest BCUT2D eigenvalue weighted by Crippen LogP contribution is 2.16. The first kappa shape index (κ1) is 11.9. The number of aromatic nitrogens is 3. The molecule has 17 heavy (non-hydrogen) atoms. The summed E-state index contributed by atoms with van der Waals surface area (Å²) < 4.78 is 2.72. The van der Waals surface area contributed by atoms with Crippen molar-refractivity contribution in [3.8, 4) is 12.3 Å². The lowest BCUT2D eigenvalue weighted by atomic mass is 10.2. The van der Waals surface area contributed by atoms with Crippen molar-refractivity contribution in [1.29, 1.82) is 0 Å². The first-order chi connectivity index (χ1) is 8.31. The molecular weight excluding hydrogens is 280 g/mol. The molecule has 4 nitrogen and oxygen atoms in total. The van der Waals surface area contributed by atoms with Gasteiger partial charge in [-0.05, 0) is 28.8 Å². The van der Waals surface area contributed by atoms with E-state index in [1.165, 1.54) is 0 Å². The molecule has 0 amide bonds. The fourth-order valence-electron chi connectivity index (χ4n) is 1.58. The van der Waals surface area contributed by atoms with Crippen LogP contribution in [0, 0.1) is 12.3 Å². The van der Waals surface area contributed by atoms with Crippen LogP contribution in [0.1, 0.15) is 19.3 Å². The van der Waals surface area contributed by atoms with Crippen LogP contribution in [0.5, 0.6) is 0 Å². The standard InChI is InChI=1S/C12H13BrN4/c1-2-3-4-5-6-14-11-12-15-7-8-17(12)9-10(13)16-11/h1,7-9H,3-6H2,(H,14,16). The number of nitrogens with zero attached hydrogens (tertiary/aromatic N) is 3. The van der Waals surface area contributed by atoms with E-state index < -0.39 is 0 Å². The summed E-state index contributed by atoms with van der Waals surface area (Å²) >= 11 is 3.38. The van der Waals surface area contributed by atoms with Crippen LogP contribution in [0.2, 0.25) is 0 Å². The first-order valence-corrected chi connectivity index (χ1v) is 6.27. The third-order valence-electron chi connectivity index (χ3n) is 2.39. The number of halogens is 1. The average Bonchev–Trinajstić information content (AvgIpc) is 2.76. The molecule has 0 aromatic carbocycles. The van der Waals surface area contributed by atoms with Gasteiger partial charge in [-0.25, -0.2) is 9.97 Å². The molecule has 5 heteroatoms. The number of fused-ring (bicyclic) bond motifs is 1. The Morgan fingerprint density at radius 3 is 3.18 bits per heavy atom. The van der Waals surface area contributed by atoms with E-state index in [4.69, 9.17) is 6.42 Å². The van der Waals surface area contributed by atoms with Crippen molar-refractivity contribution in [3.05, 3.63) is 23.2 Å². The summed E-state index contributed by atoms with van der Waals surface area (Å²) in [6.07, 6.45) is 13.6. The molecule has 0 fully saturated rings. The highest BCUT2D eigenvalue weighted by Gasteiger charge is 2.05. The van der Waals surface area contributed by atoms with Crippen molar-refractivity contribution in [1.82, 2.24) is 14.4 Å². The van der Waals surface area contributed by atoms with Gasteiger partial charge in [0.15, 0.2) is 11.5 Å². The normalized spacial score (nSPS) is 10.4. The third-order valence-corrected chi connectivity index (χ3v) is 2.77. The lowest BCUT2D eigenvalue weighted by Gasteiger charge is -2.06. The zero-order valence-corrected chi connectivity index (χ0v) is 10.9. The van der Waals surface area contributed by atoms with Gasteiger partial charge in [-0.15, -0.1) is 12.3 Å². The SMILES string of the molecule is C#CCCCCNc1nc(Br)cn2ccnc12. The minimum atomic E-state index is 0.786. The molecule has 2 heterocycles. The van der Waals surface area contributed by atoms with Crippen molar-refractivity contribution >= 4 is 27.4 Å².